The van der Waals surface area contributed by atoms with Crippen LogP contribution in [-0.4, -0.2) is 49.7 Å². The van der Waals surface area contributed by atoms with E-state index in [0.29, 0.717) is 5.41 Å². The maximum absolute atomic E-state index is 12.0. The number of likely N-dealkylation sites (N-methyl/N-ethyl adjacent to an activating group) is 1. The van der Waals surface area contributed by atoms with Gasteiger partial charge < -0.3 is 15.0 Å². The fourth-order valence-corrected chi connectivity index (χ4v) is 3.31. The first-order valence-corrected chi connectivity index (χ1v) is 8.01. The molecule has 0 spiro atoms. The highest BCUT2D eigenvalue weighted by molar-refractivity contribution is 5.80. The Morgan fingerprint density at radius 1 is 1.35 bits per heavy atom. The molecule has 1 heterocycles. The zero-order chi connectivity index (χ0) is 15.2. The van der Waals surface area contributed by atoms with Crippen molar-refractivity contribution in [1.82, 2.24) is 10.2 Å². The van der Waals surface area contributed by atoms with Crippen molar-refractivity contribution in [3.8, 4) is 0 Å². The van der Waals surface area contributed by atoms with Gasteiger partial charge in [0, 0.05) is 13.1 Å². The van der Waals surface area contributed by atoms with Crippen LogP contribution in [0.5, 0.6) is 0 Å². The van der Waals surface area contributed by atoms with Gasteiger partial charge in [0.15, 0.2) is 0 Å². The number of carbonyl (C=O) groups is 1. The summed E-state index contributed by atoms with van der Waals surface area (Å²) < 4.78 is 4.95. The lowest BCUT2D eigenvalue weighted by molar-refractivity contribution is -0.148. The van der Waals surface area contributed by atoms with Gasteiger partial charge in [0.1, 0.15) is 5.54 Å². The van der Waals surface area contributed by atoms with Crippen LogP contribution in [-0.2, 0) is 9.53 Å². The highest BCUT2D eigenvalue weighted by Gasteiger charge is 2.38. The molecule has 0 amide bonds. The summed E-state index contributed by atoms with van der Waals surface area (Å²) in [5, 5.41) is 3.28. The van der Waals surface area contributed by atoms with Gasteiger partial charge in [-0.1, -0.05) is 20.8 Å². The molecule has 118 valence electrons. The first-order chi connectivity index (χ1) is 9.45. The van der Waals surface area contributed by atoms with E-state index in [-0.39, 0.29) is 5.97 Å². The minimum atomic E-state index is -0.562. The number of methoxy groups -OCH3 is 1. The fraction of sp³-hybridized carbons (Fsp3) is 0.938. The summed E-state index contributed by atoms with van der Waals surface area (Å²) in [4.78, 5) is 14.5. The van der Waals surface area contributed by atoms with E-state index in [0.717, 1.165) is 26.1 Å². The van der Waals surface area contributed by atoms with Crippen molar-refractivity contribution < 1.29 is 9.53 Å². The normalized spacial score (nSPS) is 21.6. The maximum atomic E-state index is 12.0. The lowest BCUT2D eigenvalue weighted by Crippen LogP contribution is -2.51. The first-order valence-electron chi connectivity index (χ1n) is 8.01. The second kappa shape index (κ2) is 7.41. The molecule has 1 N–H and O–H groups in total. The monoisotopic (exact) mass is 284 g/mol. The van der Waals surface area contributed by atoms with E-state index >= 15 is 0 Å². The summed E-state index contributed by atoms with van der Waals surface area (Å²) in [6.07, 6.45) is 4.59. The smallest absolute Gasteiger partial charge is 0.325 e. The fourth-order valence-electron chi connectivity index (χ4n) is 3.31. The van der Waals surface area contributed by atoms with Crippen LogP contribution >= 0.6 is 0 Å². The third kappa shape index (κ3) is 3.95. The predicted molar refractivity (Wildman–Crippen MR) is 82.8 cm³/mol. The molecule has 0 bridgehead atoms. The van der Waals surface area contributed by atoms with Gasteiger partial charge in [0.25, 0.3) is 0 Å². The number of carbonyl (C=O) groups excluding carboxylic acids is 1. The zero-order valence-corrected chi connectivity index (χ0v) is 13.9. The summed E-state index contributed by atoms with van der Waals surface area (Å²) in [6, 6.07) is 0. The predicted octanol–water partition coefficient (Wildman–Crippen LogP) is 2.43. The number of nitrogens with one attached hydrogen (secondary N) is 1. The number of nitrogens with zero attached hydrogens (tertiary/aromatic N) is 1. The Hall–Kier alpha value is -0.610. The number of hydrogen-bond acceptors (Lipinski definition) is 4. The van der Waals surface area contributed by atoms with Crippen molar-refractivity contribution in [3.63, 3.8) is 0 Å². The summed E-state index contributed by atoms with van der Waals surface area (Å²) in [6.45, 7) is 12.6. The van der Waals surface area contributed by atoms with Crippen molar-refractivity contribution >= 4 is 5.97 Å². The van der Waals surface area contributed by atoms with E-state index in [1.54, 1.807) is 0 Å². The highest BCUT2D eigenvalue weighted by atomic mass is 16.5. The minimum absolute atomic E-state index is 0.157. The van der Waals surface area contributed by atoms with E-state index in [4.69, 9.17) is 4.74 Å². The molecule has 20 heavy (non-hydrogen) atoms. The molecule has 1 fully saturated rings. The molecular weight excluding hydrogens is 252 g/mol. The first kappa shape index (κ1) is 17.4. The van der Waals surface area contributed by atoms with Crippen LogP contribution in [0.4, 0.5) is 0 Å². The molecule has 0 radical (unpaired) electrons. The van der Waals surface area contributed by atoms with E-state index in [1.807, 2.05) is 13.8 Å². The maximum Gasteiger partial charge on any atom is 0.325 e. The van der Waals surface area contributed by atoms with Crippen molar-refractivity contribution in [2.45, 2.75) is 58.9 Å². The Morgan fingerprint density at radius 3 is 2.45 bits per heavy atom. The highest BCUT2D eigenvalue weighted by Crippen LogP contribution is 2.37. The molecule has 4 heteroatoms. The van der Waals surface area contributed by atoms with Crippen LogP contribution in [0.3, 0.4) is 0 Å². The van der Waals surface area contributed by atoms with Crippen molar-refractivity contribution in [3.05, 3.63) is 0 Å². The Labute approximate surface area is 124 Å². The Morgan fingerprint density at radius 2 is 2.00 bits per heavy atom. The van der Waals surface area contributed by atoms with E-state index < -0.39 is 5.54 Å². The van der Waals surface area contributed by atoms with Crippen LogP contribution in [0.25, 0.3) is 0 Å². The molecule has 1 atom stereocenters. The Kier molecular flexibility index (Phi) is 6.46. The third-order valence-electron chi connectivity index (χ3n) is 5.15. The lowest BCUT2D eigenvalue weighted by atomic mass is 9.82. The van der Waals surface area contributed by atoms with Crippen LogP contribution in [0, 0.1) is 5.41 Å². The average Bonchev–Trinajstić information content (AvgIpc) is 2.89. The van der Waals surface area contributed by atoms with Gasteiger partial charge >= 0.3 is 5.97 Å². The molecule has 0 aromatic heterocycles. The largest absolute Gasteiger partial charge is 0.468 e. The second-order valence-corrected chi connectivity index (χ2v) is 6.34. The van der Waals surface area contributed by atoms with E-state index in [9.17, 15) is 4.79 Å². The van der Waals surface area contributed by atoms with Crippen molar-refractivity contribution in [2.75, 3.05) is 33.3 Å². The number of hydrogen-bond donors (Lipinski definition) is 1. The Bertz CT molecular complexity index is 316. The summed E-state index contributed by atoms with van der Waals surface area (Å²) >= 11 is 0. The number of ether oxygens (including phenoxy) is 1. The molecule has 1 aliphatic heterocycles. The number of rotatable bonds is 8. The molecule has 4 nitrogen and oxygen atoms in total. The summed E-state index contributed by atoms with van der Waals surface area (Å²) in [7, 11) is 1.47. The van der Waals surface area contributed by atoms with E-state index in [1.165, 1.54) is 32.9 Å². The quantitative estimate of drug-likeness (QED) is 0.695. The van der Waals surface area contributed by atoms with Crippen LogP contribution in [0.1, 0.15) is 53.4 Å². The van der Waals surface area contributed by atoms with Gasteiger partial charge in [-0.3, -0.25) is 4.79 Å². The van der Waals surface area contributed by atoms with Gasteiger partial charge in [0.05, 0.1) is 7.11 Å². The topological polar surface area (TPSA) is 41.6 Å². The molecule has 0 saturated carbocycles. The third-order valence-corrected chi connectivity index (χ3v) is 5.15. The molecular formula is C16H32N2O2. The van der Waals surface area contributed by atoms with Crippen LogP contribution in [0.15, 0.2) is 0 Å². The number of likely N-dealkylation sites (tertiary alicyclic amines) is 1. The Balaban J connectivity index is 2.55. The summed E-state index contributed by atoms with van der Waals surface area (Å²) in [5.41, 5.74) is -0.0625. The standard InChI is InChI=1S/C16H32N2O2/c1-6-16(7-2)10-12-18(13-16)11-9-15(4,17-8-3)14(19)20-5/h17H,6-13H2,1-5H3. The van der Waals surface area contributed by atoms with Crippen LogP contribution < -0.4 is 5.32 Å². The molecule has 0 aromatic carbocycles. The van der Waals surface area contributed by atoms with E-state index in [2.05, 4.69) is 24.1 Å². The molecule has 1 saturated heterocycles. The molecule has 1 aliphatic rings. The zero-order valence-electron chi connectivity index (χ0n) is 13.9. The van der Waals surface area contributed by atoms with Crippen molar-refractivity contribution in [1.29, 1.82) is 0 Å². The molecule has 0 aliphatic carbocycles. The summed E-state index contributed by atoms with van der Waals surface area (Å²) in [5.74, 6) is -0.157. The minimum Gasteiger partial charge on any atom is -0.468 e. The SMILES string of the molecule is CCNC(C)(CCN1CCC(CC)(CC)C1)C(=O)OC. The molecule has 1 unspecified atom stereocenters. The van der Waals surface area contributed by atoms with Gasteiger partial charge in [-0.05, 0) is 51.1 Å². The van der Waals surface area contributed by atoms with Gasteiger partial charge in [0.2, 0.25) is 0 Å². The molecule has 0 aromatic rings. The average molecular weight is 284 g/mol. The van der Waals surface area contributed by atoms with Crippen LogP contribution in [0.2, 0.25) is 0 Å². The van der Waals surface area contributed by atoms with Gasteiger partial charge in [-0.2, -0.15) is 0 Å². The van der Waals surface area contributed by atoms with Crippen molar-refractivity contribution in [2.24, 2.45) is 5.41 Å². The van der Waals surface area contributed by atoms with Gasteiger partial charge in [-0.25, -0.2) is 0 Å². The second-order valence-electron chi connectivity index (χ2n) is 6.34. The molecule has 1 rings (SSSR count). The lowest BCUT2D eigenvalue weighted by Gasteiger charge is -2.31. The number of esters is 1. The van der Waals surface area contributed by atoms with Gasteiger partial charge in [-0.15, -0.1) is 0 Å².